The fourth-order valence-electron chi connectivity index (χ4n) is 8.38. The van der Waals surface area contributed by atoms with E-state index in [1.807, 2.05) is 19.9 Å². The lowest BCUT2D eigenvalue weighted by atomic mass is 9.46. The van der Waals surface area contributed by atoms with Gasteiger partial charge in [-0.05, 0) is 84.3 Å². The first kappa shape index (κ1) is 25.8. The summed E-state index contributed by atoms with van der Waals surface area (Å²) in [7, 11) is 0. The number of hydrogen-bond acceptors (Lipinski definition) is 7. The number of carbonyl (C=O) groups excluding carboxylic acids is 3. The molecule has 0 spiro atoms. The Morgan fingerprint density at radius 1 is 1.19 bits per heavy atom. The van der Waals surface area contributed by atoms with Crippen LogP contribution in [-0.2, 0) is 28.6 Å². The van der Waals surface area contributed by atoms with Gasteiger partial charge in [0.2, 0.25) is 5.78 Å². The van der Waals surface area contributed by atoms with Crippen molar-refractivity contribution in [1.82, 2.24) is 0 Å². The Labute approximate surface area is 213 Å². The van der Waals surface area contributed by atoms with Crippen molar-refractivity contribution in [3.63, 3.8) is 0 Å². The zero-order valence-corrected chi connectivity index (χ0v) is 22.6. The number of aliphatic hydroxyl groups excluding tert-OH is 1. The predicted octanol–water partition coefficient (Wildman–Crippen LogP) is 3.92. The van der Waals surface area contributed by atoms with E-state index in [-0.39, 0.29) is 35.9 Å². The average Bonchev–Trinajstić information content (AvgIpc) is 3.17. The van der Waals surface area contributed by atoms with Crippen molar-refractivity contribution in [2.24, 2.45) is 34.0 Å². The summed E-state index contributed by atoms with van der Waals surface area (Å²) in [5.41, 5.74) is -2.03. The Balaban J connectivity index is 1.51. The number of rotatable bonds is 3. The molecule has 7 heteroatoms. The van der Waals surface area contributed by atoms with Crippen LogP contribution in [0.25, 0.3) is 0 Å². The molecule has 7 nitrogen and oxygen atoms in total. The first-order chi connectivity index (χ1) is 16.5. The molecule has 3 saturated carbocycles. The predicted molar refractivity (Wildman–Crippen MR) is 132 cm³/mol. The van der Waals surface area contributed by atoms with Crippen LogP contribution in [0, 0.1) is 34.0 Å². The molecule has 0 aromatic carbocycles. The molecule has 0 aromatic rings. The van der Waals surface area contributed by atoms with Crippen LogP contribution in [0.3, 0.4) is 0 Å². The van der Waals surface area contributed by atoms with Gasteiger partial charge >= 0.3 is 5.97 Å². The van der Waals surface area contributed by atoms with Gasteiger partial charge in [-0.1, -0.05) is 25.5 Å². The first-order valence-corrected chi connectivity index (χ1v) is 13.3. The van der Waals surface area contributed by atoms with Gasteiger partial charge in [0.15, 0.2) is 23.8 Å². The van der Waals surface area contributed by atoms with Crippen LogP contribution in [0.15, 0.2) is 23.8 Å². The fourth-order valence-corrected chi connectivity index (χ4v) is 8.38. The average molecular weight is 501 g/mol. The van der Waals surface area contributed by atoms with Gasteiger partial charge in [-0.25, -0.2) is 0 Å². The van der Waals surface area contributed by atoms with E-state index in [2.05, 4.69) is 13.8 Å². The van der Waals surface area contributed by atoms with E-state index in [0.29, 0.717) is 12.8 Å². The summed E-state index contributed by atoms with van der Waals surface area (Å²) in [5.74, 6) is -1.53. The number of fused-ring (bicyclic) bond motifs is 7. The van der Waals surface area contributed by atoms with Gasteiger partial charge in [-0.2, -0.15) is 0 Å². The highest BCUT2D eigenvalue weighted by molar-refractivity contribution is 6.01. The van der Waals surface area contributed by atoms with Gasteiger partial charge in [-0.15, -0.1) is 0 Å². The van der Waals surface area contributed by atoms with E-state index in [0.717, 1.165) is 18.4 Å². The summed E-state index contributed by atoms with van der Waals surface area (Å²) in [4.78, 5) is 38.6. The van der Waals surface area contributed by atoms with Crippen LogP contribution >= 0.6 is 0 Å². The SMILES string of the molecule is CC1(C)O[C@H]2C[C@H]3[C@@H]4CCC5=CC(=O)C=C[C@]5(C)[C@H]4[C@@H](O)C[C@]3(C)[C@]2(C(=O)COC(=O)C(C)(C)C)O1. The molecular formula is C29H40O7. The molecule has 0 amide bonds. The minimum absolute atomic E-state index is 0.00449. The second kappa shape index (κ2) is 7.84. The largest absolute Gasteiger partial charge is 0.457 e. The highest BCUT2D eigenvalue weighted by Gasteiger charge is 2.77. The van der Waals surface area contributed by atoms with Gasteiger partial charge in [0.1, 0.15) is 0 Å². The summed E-state index contributed by atoms with van der Waals surface area (Å²) in [5, 5.41) is 11.7. The quantitative estimate of drug-likeness (QED) is 0.586. The van der Waals surface area contributed by atoms with Crippen molar-refractivity contribution in [3.05, 3.63) is 23.8 Å². The number of ketones is 2. The van der Waals surface area contributed by atoms with Gasteiger partial charge < -0.3 is 19.3 Å². The maximum Gasteiger partial charge on any atom is 0.311 e. The third-order valence-electron chi connectivity index (χ3n) is 9.85. The van der Waals surface area contributed by atoms with Crippen molar-refractivity contribution in [2.45, 2.75) is 97.7 Å². The molecule has 1 aliphatic heterocycles. The molecule has 198 valence electrons. The van der Waals surface area contributed by atoms with Gasteiger partial charge in [0, 0.05) is 16.7 Å². The molecule has 36 heavy (non-hydrogen) atoms. The summed E-state index contributed by atoms with van der Waals surface area (Å²) < 4.78 is 18.4. The Bertz CT molecular complexity index is 1060. The van der Waals surface area contributed by atoms with E-state index in [1.165, 1.54) is 0 Å². The summed E-state index contributed by atoms with van der Waals surface area (Å²) in [6, 6.07) is 0. The third kappa shape index (κ3) is 3.45. The van der Waals surface area contributed by atoms with Crippen LogP contribution in [0.5, 0.6) is 0 Å². The van der Waals surface area contributed by atoms with Gasteiger partial charge in [0.05, 0.1) is 17.6 Å². The lowest BCUT2D eigenvalue weighted by molar-refractivity contribution is -0.226. The van der Waals surface area contributed by atoms with Crippen molar-refractivity contribution >= 4 is 17.5 Å². The number of aliphatic hydroxyl groups is 1. The van der Waals surface area contributed by atoms with Gasteiger partial charge in [0.25, 0.3) is 0 Å². The van der Waals surface area contributed by atoms with Crippen LogP contribution < -0.4 is 0 Å². The maximum absolute atomic E-state index is 14.0. The van der Waals surface area contributed by atoms with E-state index >= 15 is 0 Å². The molecule has 5 rings (SSSR count). The number of hydrogen-bond donors (Lipinski definition) is 1. The van der Waals surface area contributed by atoms with Crippen molar-refractivity contribution in [1.29, 1.82) is 0 Å². The molecule has 5 aliphatic rings. The Hall–Kier alpha value is -1.83. The normalized spacial score (nSPS) is 44.7. The van der Waals surface area contributed by atoms with Crippen LogP contribution in [-0.4, -0.2) is 52.8 Å². The van der Waals surface area contributed by atoms with E-state index in [9.17, 15) is 19.5 Å². The second-order valence-corrected chi connectivity index (χ2v) is 13.5. The number of carbonyl (C=O) groups is 3. The van der Waals surface area contributed by atoms with Crippen LogP contribution in [0.4, 0.5) is 0 Å². The molecule has 0 aromatic heterocycles. The molecule has 4 aliphatic carbocycles. The molecule has 0 unspecified atom stereocenters. The smallest absolute Gasteiger partial charge is 0.311 e. The van der Waals surface area contributed by atoms with Crippen molar-refractivity contribution in [3.8, 4) is 0 Å². The van der Waals surface area contributed by atoms with Crippen LogP contribution in [0.2, 0.25) is 0 Å². The highest BCUT2D eigenvalue weighted by Crippen LogP contribution is 2.70. The summed E-state index contributed by atoms with van der Waals surface area (Å²) >= 11 is 0. The van der Waals surface area contributed by atoms with Crippen molar-refractivity contribution < 1.29 is 33.7 Å². The van der Waals surface area contributed by atoms with Gasteiger partial charge in [-0.3, -0.25) is 14.4 Å². The molecule has 0 radical (unpaired) electrons. The second-order valence-electron chi connectivity index (χ2n) is 13.5. The van der Waals surface area contributed by atoms with E-state index < -0.39 is 45.8 Å². The zero-order valence-electron chi connectivity index (χ0n) is 22.6. The lowest BCUT2D eigenvalue weighted by Gasteiger charge is -2.59. The molecule has 4 fully saturated rings. The van der Waals surface area contributed by atoms with E-state index in [1.54, 1.807) is 32.9 Å². The monoisotopic (exact) mass is 500 g/mol. The van der Waals surface area contributed by atoms with Crippen LogP contribution in [0.1, 0.15) is 74.1 Å². The number of allylic oxidation sites excluding steroid dienone is 4. The number of esters is 1. The van der Waals surface area contributed by atoms with Crippen molar-refractivity contribution in [2.75, 3.05) is 6.61 Å². The Morgan fingerprint density at radius 3 is 2.56 bits per heavy atom. The standard InChI is InChI=1S/C29H40O7/c1-25(2,3)24(33)34-15-21(32)29-22(35-26(4,5)36-29)13-19-18-9-8-16-12-17(30)10-11-27(16,6)23(18)20(31)14-28(19,29)7/h10-12,18-20,22-23,31H,8-9,13-15H2,1-7H3/t18-,19-,20-,22-,23+,27-,28-,29+/m0/s1. The highest BCUT2D eigenvalue weighted by atomic mass is 16.8. The maximum atomic E-state index is 14.0. The number of Topliss-reactive ketones (excluding diaryl/α,β-unsaturated/α-hetero) is 1. The minimum Gasteiger partial charge on any atom is -0.457 e. The van der Waals surface area contributed by atoms with E-state index in [4.69, 9.17) is 14.2 Å². The molecule has 1 saturated heterocycles. The third-order valence-corrected chi connectivity index (χ3v) is 9.85. The molecule has 1 N–H and O–H groups in total. The zero-order chi connectivity index (χ0) is 26.5. The Morgan fingerprint density at radius 2 is 1.89 bits per heavy atom. The topological polar surface area (TPSA) is 99.1 Å². The first-order valence-electron chi connectivity index (χ1n) is 13.3. The molecule has 1 heterocycles. The number of ether oxygens (including phenoxy) is 3. The summed E-state index contributed by atoms with van der Waals surface area (Å²) in [6.07, 6.45) is 6.81. The molecular weight excluding hydrogens is 460 g/mol. The molecule has 8 atom stereocenters. The minimum atomic E-state index is -1.30. The fraction of sp³-hybridized carbons (Fsp3) is 0.759. The summed E-state index contributed by atoms with van der Waals surface area (Å²) in [6.45, 7) is 12.7. The molecule has 0 bridgehead atoms. The Kier molecular flexibility index (Phi) is 5.62. The lowest BCUT2D eigenvalue weighted by Crippen LogP contribution is -2.64.